The number of ether oxygens (including phenoxy) is 3. The van der Waals surface area contributed by atoms with Gasteiger partial charge < -0.3 is 19.5 Å². The van der Waals surface area contributed by atoms with Crippen molar-refractivity contribution in [2.24, 2.45) is 0 Å². The highest BCUT2D eigenvalue weighted by atomic mass is 16.6. The van der Waals surface area contributed by atoms with Crippen molar-refractivity contribution < 1.29 is 33.5 Å². The van der Waals surface area contributed by atoms with Gasteiger partial charge in [0.05, 0.1) is 4.92 Å². The molecule has 1 saturated carbocycles. The topological polar surface area (TPSA) is 134 Å². The van der Waals surface area contributed by atoms with E-state index in [-0.39, 0.29) is 31.2 Å². The van der Waals surface area contributed by atoms with E-state index in [4.69, 9.17) is 14.2 Å². The van der Waals surface area contributed by atoms with Crippen LogP contribution in [0, 0.1) is 10.1 Å². The summed E-state index contributed by atoms with van der Waals surface area (Å²) in [4.78, 5) is 47.3. The predicted molar refractivity (Wildman–Crippen MR) is 118 cm³/mol. The molecule has 0 aliphatic heterocycles. The Kier molecular flexibility index (Phi) is 9.62. The summed E-state index contributed by atoms with van der Waals surface area (Å²) < 4.78 is 16.0. The van der Waals surface area contributed by atoms with Gasteiger partial charge in [-0.1, -0.05) is 6.42 Å². The van der Waals surface area contributed by atoms with Crippen LogP contribution in [0.2, 0.25) is 0 Å². The second-order valence-corrected chi connectivity index (χ2v) is 9.02. The molecule has 1 aromatic rings. The summed E-state index contributed by atoms with van der Waals surface area (Å²) in [5.74, 6) is -1.18. The number of rotatable bonds is 9. The molecule has 1 aromatic carbocycles. The molecular formula is C23H32N2O8. The van der Waals surface area contributed by atoms with Crippen LogP contribution in [0.5, 0.6) is 0 Å². The number of non-ortho nitro benzene ring substituents is 1. The average molecular weight is 465 g/mol. The number of carbonyl (C=O) groups excluding carboxylic acids is 3. The average Bonchev–Trinajstić information content (AvgIpc) is 2.74. The van der Waals surface area contributed by atoms with Gasteiger partial charge in [0.25, 0.3) is 5.69 Å². The van der Waals surface area contributed by atoms with E-state index in [2.05, 4.69) is 5.32 Å². The maximum atomic E-state index is 12.6. The molecule has 33 heavy (non-hydrogen) atoms. The van der Waals surface area contributed by atoms with E-state index < -0.39 is 34.6 Å². The number of hydrogen-bond acceptors (Lipinski definition) is 8. The Morgan fingerprint density at radius 3 is 2.33 bits per heavy atom. The lowest BCUT2D eigenvalue weighted by molar-refractivity contribution is -0.384. The minimum atomic E-state index is -1.11. The van der Waals surface area contributed by atoms with E-state index >= 15 is 0 Å². The number of esters is 2. The normalized spacial score (nSPS) is 15.2. The quantitative estimate of drug-likeness (QED) is 0.249. The molecule has 10 nitrogen and oxygen atoms in total. The lowest BCUT2D eigenvalue weighted by Gasteiger charge is -2.24. The Morgan fingerprint density at radius 1 is 1.12 bits per heavy atom. The SMILES string of the molecule is CC(C)(C)OC(=O)N[C@H](CCC(=O)OC1CCCCC1)C(=O)OCc1ccc([N+](=O)[O-])cc1. The third-order valence-electron chi connectivity index (χ3n) is 4.99. The fourth-order valence-corrected chi connectivity index (χ4v) is 3.36. The highest BCUT2D eigenvalue weighted by Gasteiger charge is 2.27. The van der Waals surface area contributed by atoms with E-state index in [0.29, 0.717) is 5.56 Å². The standard InChI is InChI=1S/C23H32N2O8/c1-23(2,3)33-22(28)24-19(13-14-20(26)32-18-7-5-4-6-8-18)21(27)31-15-16-9-11-17(12-10-16)25(29)30/h9-12,18-19H,4-8,13-15H2,1-3H3,(H,24,28)/t19-/m1/s1. The van der Waals surface area contributed by atoms with Crippen molar-refractivity contribution in [2.75, 3.05) is 0 Å². The van der Waals surface area contributed by atoms with Crippen LogP contribution in [0.4, 0.5) is 10.5 Å². The molecule has 2 rings (SSSR count). The summed E-state index contributed by atoms with van der Waals surface area (Å²) in [6.07, 6.45) is 3.87. The number of hydrogen-bond donors (Lipinski definition) is 1. The molecule has 0 bridgehead atoms. The summed E-state index contributed by atoms with van der Waals surface area (Å²) in [5.41, 5.74) is -0.301. The predicted octanol–water partition coefficient (Wildman–Crippen LogP) is 4.19. The van der Waals surface area contributed by atoms with E-state index in [0.717, 1.165) is 32.1 Å². The van der Waals surface area contributed by atoms with Crippen molar-refractivity contribution in [1.82, 2.24) is 5.32 Å². The van der Waals surface area contributed by atoms with Crippen molar-refractivity contribution in [3.05, 3.63) is 39.9 Å². The zero-order valence-corrected chi connectivity index (χ0v) is 19.3. The molecule has 0 saturated heterocycles. The summed E-state index contributed by atoms with van der Waals surface area (Å²) in [7, 11) is 0. The van der Waals surface area contributed by atoms with E-state index in [1.165, 1.54) is 24.3 Å². The monoisotopic (exact) mass is 464 g/mol. The Balaban J connectivity index is 1.94. The van der Waals surface area contributed by atoms with Gasteiger partial charge in [-0.25, -0.2) is 9.59 Å². The minimum absolute atomic E-state index is 0.0100. The molecule has 1 fully saturated rings. The van der Waals surface area contributed by atoms with E-state index in [1.54, 1.807) is 20.8 Å². The van der Waals surface area contributed by atoms with Crippen LogP contribution in [0.1, 0.15) is 71.3 Å². The molecule has 1 N–H and O–H groups in total. The Labute approximate surface area is 193 Å². The van der Waals surface area contributed by atoms with Crippen molar-refractivity contribution in [2.45, 2.75) is 90.1 Å². The van der Waals surface area contributed by atoms with E-state index in [1.807, 2.05) is 0 Å². The third-order valence-corrected chi connectivity index (χ3v) is 4.99. The second-order valence-electron chi connectivity index (χ2n) is 9.02. The first kappa shape index (κ1) is 26.1. The van der Waals surface area contributed by atoms with Crippen LogP contribution in [-0.2, 0) is 30.4 Å². The van der Waals surface area contributed by atoms with Crippen LogP contribution in [0.3, 0.4) is 0 Å². The Morgan fingerprint density at radius 2 is 1.76 bits per heavy atom. The molecule has 0 radical (unpaired) electrons. The van der Waals surface area contributed by atoms with Crippen LogP contribution in [0.15, 0.2) is 24.3 Å². The number of nitro groups is 1. The molecule has 0 heterocycles. The van der Waals surface area contributed by atoms with Crippen LogP contribution < -0.4 is 5.32 Å². The number of nitro benzene ring substituents is 1. The number of alkyl carbamates (subject to hydrolysis) is 1. The fourth-order valence-electron chi connectivity index (χ4n) is 3.36. The van der Waals surface area contributed by atoms with Crippen LogP contribution in [-0.4, -0.2) is 40.7 Å². The summed E-state index contributed by atoms with van der Waals surface area (Å²) in [6.45, 7) is 4.93. The molecule has 0 spiro atoms. The van der Waals surface area contributed by atoms with E-state index in [9.17, 15) is 24.5 Å². The Bertz CT molecular complexity index is 826. The third kappa shape index (κ3) is 9.88. The second kappa shape index (κ2) is 12.2. The lowest BCUT2D eigenvalue weighted by atomic mass is 9.98. The van der Waals surface area contributed by atoms with Crippen LogP contribution >= 0.6 is 0 Å². The van der Waals surface area contributed by atoms with Gasteiger partial charge in [0, 0.05) is 18.6 Å². The number of nitrogens with zero attached hydrogens (tertiary/aromatic N) is 1. The summed E-state index contributed by atoms with van der Waals surface area (Å²) in [5, 5.41) is 13.2. The number of carbonyl (C=O) groups is 3. The van der Waals surface area contributed by atoms with Gasteiger partial charge in [-0.3, -0.25) is 14.9 Å². The fraction of sp³-hybridized carbons (Fsp3) is 0.609. The van der Waals surface area contributed by atoms with Gasteiger partial charge in [-0.15, -0.1) is 0 Å². The zero-order valence-electron chi connectivity index (χ0n) is 19.3. The molecule has 1 aliphatic carbocycles. The van der Waals surface area contributed by atoms with Gasteiger partial charge in [-0.2, -0.15) is 0 Å². The molecule has 182 valence electrons. The van der Waals surface area contributed by atoms with Crippen LogP contribution in [0.25, 0.3) is 0 Å². The summed E-state index contributed by atoms with van der Waals surface area (Å²) >= 11 is 0. The maximum absolute atomic E-state index is 12.6. The molecule has 10 heteroatoms. The Hall–Kier alpha value is -3.17. The first-order valence-corrected chi connectivity index (χ1v) is 11.1. The molecule has 0 aromatic heterocycles. The molecular weight excluding hydrogens is 432 g/mol. The van der Waals surface area contributed by atoms with Gasteiger partial charge in [-0.05, 0) is 70.6 Å². The number of nitrogens with one attached hydrogen (secondary N) is 1. The minimum Gasteiger partial charge on any atom is -0.462 e. The number of benzene rings is 1. The number of amides is 1. The van der Waals surface area contributed by atoms with Gasteiger partial charge in [0.2, 0.25) is 0 Å². The first-order valence-electron chi connectivity index (χ1n) is 11.1. The largest absolute Gasteiger partial charge is 0.462 e. The molecule has 1 aliphatic rings. The molecule has 0 unspecified atom stereocenters. The zero-order chi connectivity index (χ0) is 24.4. The summed E-state index contributed by atoms with van der Waals surface area (Å²) in [6, 6.07) is 4.45. The highest BCUT2D eigenvalue weighted by molar-refractivity contribution is 5.82. The van der Waals surface area contributed by atoms with Crippen molar-refractivity contribution in [3.63, 3.8) is 0 Å². The first-order chi connectivity index (χ1) is 15.5. The van der Waals surface area contributed by atoms with Crippen molar-refractivity contribution in [1.29, 1.82) is 0 Å². The van der Waals surface area contributed by atoms with Crippen molar-refractivity contribution >= 4 is 23.7 Å². The maximum Gasteiger partial charge on any atom is 0.408 e. The van der Waals surface area contributed by atoms with Gasteiger partial charge in [0.15, 0.2) is 0 Å². The smallest absolute Gasteiger partial charge is 0.408 e. The molecule has 1 atom stereocenters. The highest BCUT2D eigenvalue weighted by Crippen LogP contribution is 2.21. The van der Waals surface area contributed by atoms with Gasteiger partial charge >= 0.3 is 18.0 Å². The lowest BCUT2D eigenvalue weighted by Crippen LogP contribution is -2.44. The van der Waals surface area contributed by atoms with Crippen molar-refractivity contribution in [3.8, 4) is 0 Å². The molecule has 1 amide bonds. The van der Waals surface area contributed by atoms with Gasteiger partial charge in [0.1, 0.15) is 24.4 Å².